The summed E-state index contributed by atoms with van der Waals surface area (Å²) >= 11 is 0. The SMILES string of the molecule is CCC=C=C(C1CCCCC1)[Si](C)(C)C(C)(C)C. The topological polar surface area (TPSA) is 0 Å². The van der Waals surface area contributed by atoms with Crippen LogP contribution in [0.25, 0.3) is 0 Å². The summed E-state index contributed by atoms with van der Waals surface area (Å²) in [6.45, 7) is 14.6. The molecule has 0 nitrogen and oxygen atoms in total. The average Bonchev–Trinajstić information content (AvgIpc) is 2.29. The molecule has 0 aromatic carbocycles. The molecular formula is C17H32Si. The first kappa shape index (κ1) is 15.8. The van der Waals surface area contributed by atoms with Gasteiger partial charge in [-0.2, -0.15) is 0 Å². The molecule has 104 valence electrons. The third-order valence-corrected chi connectivity index (χ3v) is 10.7. The van der Waals surface area contributed by atoms with Crippen LogP contribution in [0.3, 0.4) is 0 Å². The van der Waals surface area contributed by atoms with Gasteiger partial charge in [-0.3, -0.25) is 0 Å². The highest BCUT2D eigenvalue weighted by Crippen LogP contribution is 2.45. The molecule has 1 heteroatoms. The fourth-order valence-electron chi connectivity index (χ4n) is 2.82. The minimum Gasteiger partial charge on any atom is -0.130 e. The van der Waals surface area contributed by atoms with E-state index in [-0.39, 0.29) is 0 Å². The molecule has 0 radical (unpaired) electrons. The van der Waals surface area contributed by atoms with Gasteiger partial charge in [0, 0.05) is 0 Å². The highest BCUT2D eigenvalue weighted by Gasteiger charge is 2.41. The van der Waals surface area contributed by atoms with Gasteiger partial charge in [-0.15, -0.1) is 5.73 Å². The smallest absolute Gasteiger partial charge is 0.0910 e. The molecule has 1 saturated carbocycles. The third-order valence-electron chi connectivity index (χ3n) is 5.02. The van der Waals surface area contributed by atoms with E-state index in [4.69, 9.17) is 0 Å². The van der Waals surface area contributed by atoms with Gasteiger partial charge in [0.25, 0.3) is 0 Å². The summed E-state index contributed by atoms with van der Waals surface area (Å²) in [5.41, 5.74) is 3.74. The molecule has 0 N–H and O–H groups in total. The molecule has 0 unspecified atom stereocenters. The standard InChI is InChI=1S/C17H32Si/c1-7-8-14-16(15-12-10-9-11-13-15)18(5,6)17(2,3)4/h8,15H,7,9-13H2,1-6H3. The van der Waals surface area contributed by atoms with Crippen molar-refractivity contribution in [2.24, 2.45) is 5.92 Å². The Morgan fingerprint density at radius 2 is 1.72 bits per heavy atom. The molecule has 0 aromatic rings. The molecule has 0 amide bonds. The monoisotopic (exact) mass is 264 g/mol. The van der Waals surface area contributed by atoms with Crippen LogP contribution in [0.4, 0.5) is 0 Å². The van der Waals surface area contributed by atoms with Crippen molar-refractivity contribution in [1.29, 1.82) is 0 Å². The van der Waals surface area contributed by atoms with Gasteiger partial charge in [0.05, 0.1) is 8.07 Å². The first-order chi connectivity index (χ1) is 8.30. The Bertz CT molecular complexity index is 318. The molecule has 1 fully saturated rings. The van der Waals surface area contributed by atoms with Gasteiger partial charge in [0.1, 0.15) is 0 Å². The van der Waals surface area contributed by atoms with Crippen LogP contribution >= 0.6 is 0 Å². The predicted molar refractivity (Wildman–Crippen MR) is 85.7 cm³/mol. The largest absolute Gasteiger partial charge is 0.130 e. The van der Waals surface area contributed by atoms with E-state index in [1.807, 2.05) is 0 Å². The molecule has 0 atom stereocenters. The summed E-state index contributed by atoms with van der Waals surface area (Å²) in [5, 5.41) is 2.16. The van der Waals surface area contributed by atoms with E-state index in [1.165, 1.54) is 32.1 Å². The molecule has 0 bridgehead atoms. The van der Waals surface area contributed by atoms with Gasteiger partial charge in [-0.25, -0.2) is 0 Å². The second-order valence-corrected chi connectivity index (χ2v) is 12.7. The van der Waals surface area contributed by atoms with E-state index < -0.39 is 8.07 Å². The summed E-state index contributed by atoms with van der Waals surface area (Å²) in [4.78, 5) is 0. The minimum atomic E-state index is -1.38. The van der Waals surface area contributed by atoms with E-state index in [1.54, 1.807) is 5.20 Å². The van der Waals surface area contributed by atoms with Crippen LogP contribution in [0.2, 0.25) is 18.1 Å². The zero-order valence-electron chi connectivity index (χ0n) is 13.4. The number of allylic oxidation sites excluding steroid dienone is 1. The van der Waals surface area contributed by atoms with E-state index in [0.717, 1.165) is 12.3 Å². The van der Waals surface area contributed by atoms with E-state index in [9.17, 15) is 0 Å². The van der Waals surface area contributed by atoms with Crippen LogP contribution < -0.4 is 0 Å². The van der Waals surface area contributed by atoms with Crippen LogP contribution in [0.5, 0.6) is 0 Å². The van der Waals surface area contributed by atoms with E-state index >= 15 is 0 Å². The predicted octanol–water partition coefficient (Wildman–Crippen LogP) is 6.11. The Labute approximate surface area is 116 Å². The Hall–Kier alpha value is -0.263. The van der Waals surface area contributed by atoms with Gasteiger partial charge in [0.15, 0.2) is 0 Å². The first-order valence-corrected chi connectivity index (χ1v) is 10.8. The molecule has 1 aliphatic carbocycles. The Kier molecular flexibility index (Phi) is 5.49. The van der Waals surface area contributed by atoms with Crippen molar-refractivity contribution < 1.29 is 0 Å². The lowest BCUT2D eigenvalue weighted by atomic mass is 9.89. The molecule has 18 heavy (non-hydrogen) atoms. The molecule has 0 saturated heterocycles. The lowest BCUT2D eigenvalue weighted by molar-refractivity contribution is 0.410. The third kappa shape index (κ3) is 3.62. The quantitative estimate of drug-likeness (QED) is 0.426. The summed E-state index contributed by atoms with van der Waals surface area (Å²) in [6, 6.07) is 0. The maximum atomic E-state index is 3.74. The molecular weight excluding hydrogens is 232 g/mol. The fourth-order valence-corrected chi connectivity index (χ4v) is 5.40. The molecule has 1 rings (SSSR count). The molecule has 0 aliphatic heterocycles. The van der Waals surface area contributed by atoms with Gasteiger partial charge in [-0.05, 0) is 41.5 Å². The number of hydrogen-bond acceptors (Lipinski definition) is 0. The second kappa shape index (κ2) is 6.26. The molecule has 0 aromatic heterocycles. The zero-order valence-corrected chi connectivity index (χ0v) is 14.4. The van der Waals surface area contributed by atoms with Crippen LogP contribution in [0.15, 0.2) is 17.0 Å². The summed E-state index contributed by atoms with van der Waals surface area (Å²) in [7, 11) is -1.38. The zero-order chi connectivity index (χ0) is 13.8. The van der Waals surface area contributed by atoms with E-state index in [0.29, 0.717) is 5.04 Å². The van der Waals surface area contributed by atoms with Crippen molar-refractivity contribution in [2.45, 2.75) is 84.4 Å². The Morgan fingerprint density at radius 3 is 2.17 bits per heavy atom. The highest BCUT2D eigenvalue weighted by atomic mass is 28.3. The summed E-state index contributed by atoms with van der Waals surface area (Å²) in [5.74, 6) is 0.836. The van der Waals surface area contributed by atoms with Gasteiger partial charge in [-0.1, -0.05) is 60.1 Å². The van der Waals surface area contributed by atoms with Gasteiger partial charge >= 0.3 is 0 Å². The molecule has 0 heterocycles. The maximum Gasteiger partial charge on any atom is 0.0910 e. The molecule has 1 aliphatic rings. The lowest BCUT2D eigenvalue weighted by Gasteiger charge is -2.42. The van der Waals surface area contributed by atoms with Gasteiger partial charge in [0.2, 0.25) is 0 Å². The summed E-state index contributed by atoms with van der Waals surface area (Å²) < 4.78 is 0. The van der Waals surface area contributed by atoms with Crippen molar-refractivity contribution >= 4 is 8.07 Å². The van der Waals surface area contributed by atoms with Crippen LogP contribution in [0, 0.1) is 5.92 Å². The van der Waals surface area contributed by atoms with E-state index in [2.05, 4.69) is 52.6 Å². The van der Waals surface area contributed by atoms with Crippen molar-refractivity contribution in [3.63, 3.8) is 0 Å². The maximum absolute atomic E-state index is 3.74. The van der Waals surface area contributed by atoms with Crippen LogP contribution in [0.1, 0.15) is 66.2 Å². The summed E-state index contributed by atoms with van der Waals surface area (Å²) in [6.07, 6.45) is 10.5. The minimum absolute atomic E-state index is 0.439. The first-order valence-electron chi connectivity index (χ1n) is 7.76. The fraction of sp³-hybridized carbons (Fsp3) is 0.824. The van der Waals surface area contributed by atoms with Crippen LogP contribution in [-0.4, -0.2) is 8.07 Å². The second-order valence-electron chi connectivity index (χ2n) is 7.38. The Balaban J connectivity index is 3.09. The van der Waals surface area contributed by atoms with Crippen molar-refractivity contribution in [1.82, 2.24) is 0 Å². The van der Waals surface area contributed by atoms with Crippen molar-refractivity contribution in [3.05, 3.63) is 17.0 Å². The highest BCUT2D eigenvalue weighted by molar-refractivity contribution is 6.86. The lowest BCUT2D eigenvalue weighted by Crippen LogP contribution is -2.42. The number of rotatable bonds is 3. The molecule has 0 spiro atoms. The van der Waals surface area contributed by atoms with Gasteiger partial charge < -0.3 is 0 Å². The van der Waals surface area contributed by atoms with Crippen molar-refractivity contribution in [3.8, 4) is 0 Å². The number of hydrogen-bond donors (Lipinski definition) is 0. The average molecular weight is 265 g/mol. The normalized spacial score (nSPS) is 18.3. The Morgan fingerprint density at radius 1 is 1.17 bits per heavy atom. The van der Waals surface area contributed by atoms with Crippen LogP contribution in [-0.2, 0) is 0 Å². The van der Waals surface area contributed by atoms with Crippen molar-refractivity contribution in [2.75, 3.05) is 0 Å².